The summed E-state index contributed by atoms with van der Waals surface area (Å²) in [6.45, 7) is 7.70. The minimum absolute atomic E-state index is 0.0507. The highest BCUT2D eigenvalue weighted by Crippen LogP contribution is 2.24. The van der Waals surface area contributed by atoms with Crippen molar-refractivity contribution in [2.45, 2.75) is 45.6 Å². The van der Waals surface area contributed by atoms with Crippen LogP contribution in [0.4, 0.5) is 0 Å². The zero-order valence-corrected chi connectivity index (χ0v) is 13.1. The van der Waals surface area contributed by atoms with Crippen molar-refractivity contribution >= 4 is 5.91 Å². The van der Waals surface area contributed by atoms with Crippen molar-refractivity contribution in [2.75, 3.05) is 19.8 Å². The predicted molar refractivity (Wildman–Crippen MR) is 82.7 cm³/mol. The van der Waals surface area contributed by atoms with Crippen molar-refractivity contribution in [1.29, 1.82) is 0 Å². The van der Waals surface area contributed by atoms with E-state index < -0.39 is 0 Å². The topological polar surface area (TPSA) is 47.6 Å². The smallest absolute Gasteiger partial charge is 0.258 e. The number of hydrogen-bond acceptors (Lipinski definition) is 3. The molecule has 1 amide bonds. The first-order chi connectivity index (χ1) is 10.1. The summed E-state index contributed by atoms with van der Waals surface area (Å²) < 4.78 is 11.1. The second kappa shape index (κ2) is 7.46. The fourth-order valence-electron chi connectivity index (χ4n) is 2.36. The van der Waals surface area contributed by atoms with E-state index in [1.54, 1.807) is 0 Å². The molecule has 1 aliphatic rings. The molecule has 1 heterocycles. The first-order valence-corrected chi connectivity index (χ1v) is 7.68. The number of rotatable bonds is 6. The third-order valence-electron chi connectivity index (χ3n) is 3.79. The lowest BCUT2D eigenvalue weighted by Gasteiger charge is -2.14. The van der Waals surface area contributed by atoms with Gasteiger partial charge in [-0.2, -0.15) is 0 Å². The van der Waals surface area contributed by atoms with Crippen molar-refractivity contribution in [2.24, 2.45) is 0 Å². The van der Waals surface area contributed by atoms with Gasteiger partial charge >= 0.3 is 0 Å². The Kier molecular flexibility index (Phi) is 5.62. The molecule has 1 aromatic rings. The lowest BCUT2D eigenvalue weighted by Crippen LogP contribution is -2.35. The predicted octanol–water partition coefficient (Wildman–Crippen LogP) is 2.79. The van der Waals surface area contributed by atoms with Gasteiger partial charge in [0.15, 0.2) is 6.61 Å². The second-order valence-electron chi connectivity index (χ2n) is 5.91. The summed E-state index contributed by atoms with van der Waals surface area (Å²) in [6, 6.07) is 6.16. The summed E-state index contributed by atoms with van der Waals surface area (Å²) in [5.41, 5.74) is 2.27. The zero-order chi connectivity index (χ0) is 15.2. The van der Waals surface area contributed by atoms with Crippen molar-refractivity contribution in [1.82, 2.24) is 5.32 Å². The third kappa shape index (κ3) is 4.74. The fraction of sp³-hybridized carbons (Fsp3) is 0.588. The quantitative estimate of drug-likeness (QED) is 0.876. The van der Waals surface area contributed by atoms with Crippen LogP contribution >= 0.6 is 0 Å². The SMILES string of the molecule is Cc1ccc(C(C)C)cc1OCC(=O)NCC1CCCO1. The van der Waals surface area contributed by atoms with Gasteiger partial charge in [0.1, 0.15) is 5.75 Å². The Morgan fingerprint density at radius 3 is 2.95 bits per heavy atom. The van der Waals surface area contributed by atoms with Crippen LogP contribution in [-0.2, 0) is 9.53 Å². The maximum Gasteiger partial charge on any atom is 0.258 e. The number of carbonyl (C=O) groups is 1. The van der Waals surface area contributed by atoms with E-state index in [1.807, 2.05) is 19.1 Å². The normalized spacial score (nSPS) is 18.0. The lowest BCUT2D eigenvalue weighted by molar-refractivity contribution is -0.123. The summed E-state index contributed by atoms with van der Waals surface area (Å²) in [5, 5.41) is 2.86. The van der Waals surface area contributed by atoms with Crippen LogP contribution in [0, 0.1) is 6.92 Å². The molecule has 1 N–H and O–H groups in total. The van der Waals surface area contributed by atoms with E-state index in [2.05, 4.69) is 25.2 Å². The molecular weight excluding hydrogens is 266 g/mol. The van der Waals surface area contributed by atoms with Gasteiger partial charge < -0.3 is 14.8 Å². The van der Waals surface area contributed by atoms with Crippen LogP contribution in [-0.4, -0.2) is 31.8 Å². The number of hydrogen-bond donors (Lipinski definition) is 1. The Morgan fingerprint density at radius 2 is 2.29 bits per heavy atom. The second-order valence-corrected chi connectivity index (χ2v) is 5.91. The third-order valence-corrected chi connectivity index (χ3v) is 3.79. The Hall–Kier alpha value is -1.55. The van der Waals surface area contributed by atoms with E-state index in [0.29, 0.717) is 12.5 Å². The maximum absolute atomic E-state index is 11.8. The molecule has 0 aromatic heterocycles. The summed E-state index contributed by atoms with van der Waals surface area (Å²) >= 11 is 0. The number of aryl methyl sites for hydroxylation is 1. The summed E-state index contributed by atoms with van der Waals surface area (Å²) in [7, 11) is 0. The molecule has 1 aliphatic heterocycles. The molecule has 1 atom stereocenters. The van der Waals surface area contributed by atoms with Crippen LogP contribution in [0.3, 0.4) is 0 Å². The molecule has 4 nitrogen and oxygen atoms in total. The largest absolute Gasteiger partial charge is 0.483 e. The van der Waals surface area contributed by atoms with Crippen LogP contribution in [0.15, 0.2) is 18.2 Å². The van der Waals surface area contributed by atoms with E-state index in [0.717, 1.165) is 30.8 Å². The number of nitrogens with one attached hydrogen (secondary N) is 1. The first kappa shape index (κ1) is 15.8. The highest BCUT2D eigenvalue weighted by Gasteiger charge is 2.16. The Bertz CT molecular complexity index is 479. The molecule has 0 bridgehead atoms. The van der Waals surface area contributed by atoms with Gasteiger partial charge in [0.25, 0.3) is 5.91 Å². The molecule has 0 radical (unpaired) electrons. The van der Waals surface area contributed by atoms with Crippen LogP contribution in [0.1, 0.15) is 43.7 Å². The van der Waals surface area contributed by atoms with Crippen molar-refractivity contribution in [3.63, 3.8) is 0 Å². The molecule has 1 aromatic carbocycles. The zero-order valence-electron chi connectivity index (χ0n) is 13.1. The Balaban J connectivity index is 1.81. The molecule has 0 saturated carbocycles. The number of benzene rings is 1. The summed E-state index contributed by atoms with van der Waals surface area (Å²) in [6.07, 6.45) is 2.27. The van der Waals surface area contributed by atoms with Gasteiger partial charge in [0, 0.05) is 13.2 Å². The van der Waals surface area contributed by atoms with Gasteiger partial charge in [-0.25, -0.2) is 0 Å². The molecular formula is C17H25NO3. The van der Waals surface area contributed by atoms with Gasteiger partial charge in [-0.3, -0.25) is 4.79 Å². The molecule has 116 valence electrons. The number of amides is 1. The van der Waals surface area contributed by atoms with Crippen LogP contribution < -0.4 is 10.1 Å². The van der Waals surface area contributed by atoms with Crippen molar-refractivity contribution < 1.29 is 14.3 Å². The van der Waals surface area contributed by atoms with Crippen LogP contribution in [0.5, 0.6) is 5.75 Å². The monoisotopic (exact) mass is 291 g/mol. The fourth-order valence-corrected chi connectivity index (χ4v) is 2.36. The Morgan fingerprint density at radius 1 is 1.48 bits per heavy atom. The molecule has 1 fully saturated rings. The molecule has 1 saturated heterocycles. The first-order valence-electron chi connectivity index (χ1n) is 7.68. The molecule has 1 unspecified atom stereocenters. The highest BCUT2D eigenvalue weighted by molar-refractivity contribution is 5.77. The molecule has 0 aliphatic carbocycles. The van der Waals surface area contributed by atoms with E-state index in [1.165, 1.54) is 5.56 Å². The maximum atomic E-state index is 11.8. The number of ether oxygens (including phenoxy) is 2. The minimum atomic E-state index is -0.0974. The van der Waals surface area contributed by atoms with Crippen LogP contribution in [0.2, 0.25) is 0 Å². The van der Waals surface area contributed by atoms with Gasteiger partial charge in [-0.1, -0.05) is 26.0 Å². The van der Waals surface area contributed by atoms with E-state index in [4.69, 9.17) is 9.47 Å². The van der Waals surface area contributed by atoms with Crippen molar-refractivity contribution in [3.8, 4) is 5.75 Å². The minimum Gasteiger partial charge on any atom is -0.483 e. The summed E-state index contributed by atoms with van der Waals surface area (Å²) in [4.78, 5) is 11.8. The standard InChI is InChI=1S/C17H25NO3/c1-12(2)14-7-6-13(3)16(9-14)21-11-17(19)18-10-15-5-4-8-20-15/h6-7,9,12,15H,4-5,8,10-11H2,1-3H3,(H,18,19). The van der Waals surface area contributed by atoms with E-state index >= 15 is 0 Å². The average Bonchev–Trinajstić information content (AvgIpc) is 2.97. The Labute approximate surface area is 126 Å². The molecule has 21 heavy (non-hydrogen) atoms. The lowest BCUT2D eigenvalue weighted by atomic mass is 10.0. The van der Waals surface area contributed by atoms with Gasteiger partial charge in [-0.15, -0.1) is 0 Å². The van der Waals surface area contributed by atoms with Gasteiger partial charge in [0.2, 0.25) is 0 Å². The van der Waals surface area contributed by atoms with E-state index in [-0.39, 0.29) is 18.6 Å². The molecule has 4 heteroatoms. The van der Waals surface area contributed by atoms with Crippen molar-refractivity contribution in [3.05, 3.63) is 29.3 Å². The molecule has 2 rings (SSSR count). The van der Waals surface area contributed by atoms with E-state index in [9.17, 15) is 4.79 Å². The highest BCUT2D eigenvalue weighted by atomic mass is 16.5. The summed E-state index contributed by atoms with van der Waals surface area (Å²) in [5.74, 6) is 1.13. The average molecular weight is 291 g/mol. The van der Waals surface area contributed by atoms with Gasteiger partial charge in [-0.05, 0) is 42.9 Å². The van der Waals surface area contributed by atoms with Gasteiger partial charge in [0.05, 0.1) is 6.10 Å². The number of carbonyl (C=O) groups excluding carboxylic acids is 1. The van der Waals surface area contributed by atoms with Crippen LogP contribution in [0.25, 0.3) is 0 Å². The molecule has 0 spiro atoms.